The van der Waals surface area contributed by atoms with Crippen LogP contribution >= 0.6 is 0 Å². The third-order valence-electron chi connectivity index (χ3n) is 8.17. The van der Waals surface area contributed by atoms with Gasteiger partial charge < -0.3 is 33.8 Å². The first-order valence-electron chi connectivity index (χ1n) is 13.3. The van der Waals surface area contributed by atoms with Gasteiger partial charge in [-0.15, -0.1) is 0 Å². The SMILES string of the molecule is CC1CC(CN2CCC(COc3noc4cccc(O[C@H]5CC[C@@H](O)CC5)c34)CC2)(C(=O)O)CCO1. The fraction of sp³-hybridized carbons (Fsp3) is 0.704. The maximum absolute atomic E-state index is 12.1. The van der Waals surface area contributed by atoms with Gasteiger partial charge in [-0.2, -0.15) is 0 Å². The van der Waals surface area contributed by atoms with Crippen LogP contribution in [0.5, 0.6) is 11.6 Å². The van der Waals surface area contributed by atoms with E-state index >= 15 is 0 Å². The quantitative estimate of drug-likeness (QED) is 0.555. The molecule has 1 aromatic carbocycles. The standard InChI is InChI=1S/C27H38N2O7/c1-18-15-27(26(31)32,11-14-33-18)17-29-12-9-19(10-13-29)16-34-25-24-22(3-2-4-23(24)36-28-25)35-21-7-5-20(30)6-8-21/h2-4,18-21,30H,5-17H2,1H3,(H,31,32)/t18?,20-,21+,27?. The van der Waals surface area contributed by atoms with E-state index in [1.807, 2.05) is 25.1 Å². The van der Waals surface area contributed by atoms with Crippen molar-refractivity contribution in [3.8, 4) is 11.6 Å². The largest absolute Gasteiger partial charge is 0.489 e. The first-order chi connectivity index (χ1) is 17.4. The minimum absolute atomic E-state index is 0.0170. The first-order valence-corrected chi connectivity index (χ1v) is 13.3. The number of aliphatic hydroxyl groups is 1. The van der Waals surface area contributed by atoms with Crippen molar-refractivity contribution in [2.45, 2.75) is 76.6 Å². The summed E-state index contributed by atoms with van der Waals surface area (Å²) in [5.74, 6) is 0.836. The number of benzene rings is 1. The Hall–Kier alpha value is -2.36. The van der Waals surface area contributed by atoms with E-state index in [4.69, 9.17) is 18.7 Å². The van der Waals surface area contributed by atoms with Crippen molar-refractivity contribution in [1.29, 1.82) is 0 Å². The normalized spacial score (nSPS) is 30.3. The Labute approximate surface area is 211 Å². The average Bonchev–Trinajstić information content (AvgIpc) is 3.29. The Morgan fingerprint density at radius 2 is 1.97 bits per heavy atom. The predicted molar refractivity (Wildman–Crippen MR) is 132 cm³/mol. The highest BCUT2D eigenvalue weighted by Crippen LogP contribution is 2.38. The minimum atomic E-state index is -0.715. The molecule has 9 nitrogen and oxygen atoms in total. The summed E-state index contributed by atoms with van der Waals surface area (Å²) < 4.78 is 23.5. The molecule has 3 aliphatic rings. The third-order valence-corrected chi connectivity index (χ3v) is 8.17. The molecule has 0 radical (unpaired) electrons. The Kier molecular flexibility index (Phi) is 7.69. The van der Waals surface area contributed by atoms with Gasteiger partial charge >= 0.3 is 5.97 Å². The topological polar surface area (TPSA) is 114 Å². The molecule has 2 N–H and O–H groups in total. The maximum Gasteiger partial charge on any atom is 0.311 e. The Morgan fingerprint density at radius 3 is 2.69 bits per heavy atom. The van der Waals surface area contributed by atoms with Gasteiger partial charge in [-0.05, 0) is 94.6 Å². The number of carboxylic acid groups (broad SMARTS) is 1. The molecular weight excluding hydrogens is 464 g/mol. The number of nitrogens with zero attached hydrogens (tertiary/aromatic N) is 2. The molecule has 2 aliphatic heterocycles. The van der Waals surface area contributed by atoms with Gasteiger partial charge in [0.25, 0.3) is 5.88 Å². The molecule has 1 aromatic heterocycles. The van der Waals surface area contributed by atoms with Crippen molar-refractivity contribution >= 4 is 16.9 Å². The number of hydrogen-bond donors (Lipinski definition) is 2. The molecule has 3 heterocycles. The molecule has 2 saturated heterocycles. The van der Waals surface area contributed by atoms with Crippen LogP contribution in [0.25, 0.3) is 11.0 Å². The van der Waals surface area contributed by atoms with E-state index in [2.05, 4.69) is 10.1 Å². The van der Waals surface area contributed by atoms with E-state index in [1.54, 1.807) is 0 Å². The molecule has 0 amide bonds. The summed E-state index contributed by atoms with van der Waals surface area (Å²) in [6.45, 7) is 5.31. The van der Waals surface area contributed by atoms with Crippen molar-refractivity contribution in [3.63, 3.8) is 0 Å². The summed E-state index contributed by atoms with van der Waals surface area (Å²) in [5, 5.41) is 24.7. The van der Waals surface area contributed by atoms with E-state index in [0.717, 1.165) is 57.0 Å². The van der Waals surface area contributed by atoms with Gasteiger partial charge in [-0.1, -0.05) is 6.07 Å². The monoisotopic (exact) mass is 502 g/mol. The number of aliphatic hydroxyl groups excluding tert-OH is 1. The molecule has 1 aliphatic carbocycles. The molecule has 0 spiro atoms. The van der Waals surface area contributed by atoms with E-state index in [9.17, 15) is 15.0 Å². The lowest BCUT2D eigenvalue weighted by molar-refractivity contribution is -0.160. The van der Waals surface area contributed by atoms with Crippen molar-refractivity contribution < 1.29 is 33.7 Å². The van der Waals surface area contributed by atoms with Crippen molar-refractivity contribution in [1.82, 2.24) is 10.1 Å². The molecule has 2 aromatic rings. The molecule has 36 heavy (non-hydrogen) atoms. The van der Waals surface area contributed by atoms with Crippen molar-refractivity contribution in [3.05, 3.63) is 18.2 Å². The second kappa shape index (κ2) is 10.9. The van der Waals surface area contributed by atoms with Crippen LogP contribution in [0.15, 0.2) is 22.7 Å². The number of carbonyl (C=O) groups is 1. The molecular formula is C27H38N2O7. The summed E-state index contributed by atoms with van der Waals surface area (Å²) >= 11 is 0. The van der Waals surface area contributed by atoms with Gasteiger partial charge in [-0.3, -0.25) is 4.79 Å². The highest BCUT2D eigenvalue weighted by molar-refractivity contribution is 5.88. The van der Waals surface area contributed by atoms with Crippen LogP contribution in [0.1, 0.15) is 58.3 Å². The number of likely N-dealkylation sites (tertiary alicyclic amines) is 1. The Bertz CT molecular complexity index is 1030. The molecule has 198 valence electrons. The van der Waals surface area contributed by atoms with Crippen molar-refractivity contribution in [2.75, 3.05) is 32.8 Å². The van der Waals surface area contributed by atoms with E-state index in [-0.39, 0.29) is 18.3 Å². The van der Waals surface area contributed by atoms with Gasteiger partial charge in [-0.25, -0.2) is 0 Å². The Morgan fingerprint density at radius 1 is 1.19 bits per heavy atom. The van der Waals surface area contributed by atoms with Crippen LogP contribution in [0.4, 0.5) is 0 Å². The summed E-state index contributed by atoms with van der Waals surface area (Å²) in [5.41, 5.74) is -0.0780. The first kappa shape index (κ1) is 25.3. The number of carboxylic acids is 1. The van der Waals surface area contributed by atoms with Crippen LogP contribution < -0.4 is 9.47 Å². The Balaban J connectivity index is 1.16. The van der Waals surface area contributed by atoms with Crippen LogP contribution in [0.2, 0.25) is 0 Å². The molecule has 2 unspecified atom stereocenters. The van der Waals surface area contributed by atoms with Crippen molar-refractivity contribution in [2.24, 2.45) is 11.3 Å². The van der Waals surface area contributed by atoms with Crippen LogP contribution in [-0.2, 0) is 9.53 Å². The zero-order valence-electron chi connectivity index (χ0n) is 21.1. The zero-order valence-corrected chi connectivity index (χ0v) is 21.1. The van der Waals surface area contributed by atoms with Gasteiger partial charge in [0.15, 0.2) is 5.58 Å². The number of piperidine rings is 1. The fourth-order valence-corrected chi connectivity index (χ4v) is 5.98. The number of aliphatic carboxylic acids is 1. The lowest BCUT2D eigenvalue weighted by Gasteiger charge is -2.42. The maximum atomic E-state index is 12.1. The van der Waals surface area contributed by atoms with Crippen LogP contribution in [-0.4, -0.2) is 77.4 Å². The average molecular weight is 503 g/mol. The smallest absolute Gasteiger partial charge is 0.311 e. The van der Waals surface area contributed by atoms with E-state index < -0.39 is 11.4 Å². The molecule has 3 fully saturated rings. The second-order valence-corrected chi connectivity index (χ2v) is 10.9. The molecule has 0 bridgehead atoms. The molecule has 2 atom stereocenters. The number of aromatic nitrogens is 1. The van der Waals surface area contributed by atoms with Crippen LogP contribution in [0, 0.1) is 11.3 Å². The number of rotatable bonds is 8. The lowest BCUT2D eigenvalue weighted by Crippen LogP contribution is -2.50. The summed E-state index contributed by atoms with van der Waals surface area (Å²) in [4.78, 5) is 14.4. The van der Waals surface area contributed by atoms with E-state index in [1.165, 1.54) is 0 Å². The lowest BCUT2D eigenvalue weighted by atomic mass is 9.77. The predicted octanol–water partition coefficient (Wildman–Crippen LogP) is 3.87. The van der Waals surface area contributed by atoms with Gasteiger partial charge in [0.1, 0.15) is 11.1 Å². The number of fused-ring (bicyclic) bond motifs is 1. The third kappa shape index (κ3) is 5.63. The highest BCUT2D eigenvalue weighted by Gasteiger charge is 2.44. The fourth-order valence-electron chi connectivity index (χ4n) is 5.98. The molecule has 5 rings (SSSR count). The highest BCUT2D eigenvalue weighted by atomic mass is 16.5. The number of hydrogen-bond acceptors (Lipinski definition) is 8. The molecule has 9 heteroatoms. The second-order valence-electron chi connectivity index (χ2n) is 10.9. The summed E-state index contributed by atoms with van der Waals surface area (Å²) in [6.07, 6.45) is 6.03. The van der Waals surface area contributed by atoms with Gasteiger partial charge in [0.2, 0.25) is 0 Å². The molecule has 1 saturated carbocycles. The van der Waals surface area contributed by atoms with Gasteiger partial charge in [0, 0.05) is 13.2 Å². The zero-order chi connectivity index (χ0) is 25.1. The van der Waals surface area contributed by atoms with Gasteiger partial charge in [0.05, 0.1) is 30.3 Å². The minimum Gasteiger partial charge on any atom is -0.489 e. The van der Waals surface area contributed by atoms with Crippen LogP contribution in [0.3, 0.4) is 0 Å². The number of ether oxygens (including phenoxy) is 3. The summed E-state index contributed by atoms with van der Waals surface area (Å²) in [7, 11) is 0. The van der Waals surface area contributed by atoms with E-state index in [0.29, 0.717) is 55.7 Å². The summed E-state index contributed by atoms with van der Waals surface area (Å²) in [6, 6.07) is 5.68.